The largest absolute Gasteiger partial charge is 0.297 e. The van der Waals surface area contributed by atoms with Gasteiger partial charge >= 0.3 is 0 Å². The summed E-state index contributed by atoms with van der Waals surface area (Å²) in [7, 11) is -2.31. The molecule has 1 rings (SSSR count). The van der Waals surface area contributed by atoms with E-state index in [1.165, 1.54) is 19.2 Å². The minimum Gasteiger partial charge on any atom is -0.264 e. The molecule has 0 spiro atoms. The van der Waals surface area contributed by atoms with E-state index in [4.69, 9.17) is 4.18 Å². The Hall–Kier alpha value is -1.47. The van der Waals surface area contributed by atoms with Gasteiger partial charge in [0.1, 0.15) is 0 Å². The van der Waals surface area contributed by atoms with E-state index < -0.39 is 10.1 Å². The average molecular weight is 258 g/mol. The Kier molecular flexibility index (Phi) is 4.59. The molecule has 1 aromatic carbocycles. The second-order valence-electron chi connectivity index (χ2n) is 3.55. The normalized spacial score (nSPS) is 11.2. The van der Waals surface area contributed by atoms with Crippen molar-refractivity contribution in [3.05, 3.63) is 34.7 Å². The molecule has 0 bridgehead atoms. The lowest BCUT2D eigenvalue weighted by molar-refractivity contribution is 0.245. The first-order valence-corrected chi connectivity index (χ1v) is 6.37. The van der Waals surface area contributed by atoms with E-state index in [1.807, 2.05) is 6.92 Å². The Morgan fingerprint density at radius 2 is 1.88 bits per heavy atom. The Labute approximate surface area is 100 Å². The van der Waals surface area contributed by atoms with Crippen molar-refractivity contribution in [3.8, 4) is 0 Å². The molecule has 7 heteroatoms. The summed E-state index contributed by atoms with van der Waals surface area (Å²) in [6.07, 6.45) is 0. The molecule has 1 aromatic rings. The molecule has 0 unspecified atom stereocenters. The van der Waals surface area contributed by atoms with Crippen molar-refractivity contribution in [1.29, 1.82) is 0 Å². The molecule has 0 heterocycles. The van der Waals surface area contributed by atoms with Gasteiger partial charge in [0.25, 0.3) is 10.1 Å². The fourth-order valence-corrected chi connectivity index (χ4v) is 1.99. The standard InChI is InChI=1S/C10H14N2O4S/c1-9-3-5-10(6-4-9)17(14,15)16-8-7-12(2)11-13/h3-6H,7-8H2,1-2H3. The predicted molar refractivity (Wildman–Crippen MR) is 62.7 cm³/mol. The molecular formula is C10H14N2O4S. The van der Waals surface area contributed by atoms with E-state index in [1.54, 1.807) is 12.1 Å². The number of likely N-dealkylation sites (N-methyl/N-ethyl adjacent to an activating group) is 1. The molecule has 0 radical (unpaired) electrons. The smallest absolute Gasteiger partial charge is 0.264 e. The number of rotatable bonds is 6. The molecule has 6 nitrogen and oxygen atoms in total. The molecule has 0 atom stereocenters. The van der Waals surface area contributed by atoms with Crippen molar-refractivity contribution in [3.63, 3.8) is 0 Å². The molecular weight excluding hydrogens is 244 g/mol. The van der Waals surface area contributed by atoms with Crippen LogP contribution in [-0.2, 0) is 14.3 Å². The minimum absolute atomic E-state index is 0.102. The second-order valence-corrected chi connectivity index (χ2v) is 5.17. The van der Waals surface area contributed by atoms with Gasteiger partial charge in [-0.3, -0.25) is 9.19 Å². The summed E-state index contributed by atoms with van der Waals surface area (Å²) < 4.78 is 28.1. The lowest BCUT2D eigenvalue weighted by atomic mass is 10.2. The number of benzene rings is 1. The van der Waals surface area contributed by atoms with Crippen LogP contribution in [0.5, 0.6) is 0 Å². The van der Waals surface area contributed by atoms with Gasteiger partial charge in [-0.15, -0.1) is 4.91 Å². The Morgan fingerprint density at radius 1 is 1.29 bits per heavy atom. The lowest BCUT2D eigenvalue weighted by Gasteiger charge is -2.09. The van der Waals surface area contributed by atoms with Crippen molar-refractivity contribution >= 4 is 10.1 Å². The average Bonchev–Trinajstić information content (AvgIpc) is 2.29. The van der Waals surface area contributed by atoms with Crippen LogP contribution < -0.4 is 0 Å². The Balaban J connectivity index is 2.63. The van der Waals surface area contributed by atoms with Crippen LogP contribution in [0.3, 0.4) is 0 Å². The molecule has 94 valence electrons. The van der Waals surface area contributed by atoms with Gasteiger partial charge in [0, 0.05) is 7.05 Å². The maximum absolute atomic E-state index is 11.7. The van der Waals surface area contributed by atoms with Gasteiger partial charge in [-0.1, -0.05) is 17.7 Å². The predicted octanol–water partition coefficient (Wildman–Crippen LogP) is 1.31. The number of nitrogens with zero attached hydrogens (tertiary/aromatic N) is 2. The van der Waals surface area contributed by atoms with Crippen LogP contribution in [0.2, 0.25) is 0 Å². The molecule has 0 aromatic heterocycles. The quantitative estimate of drug-likeness (QED) is 0.437. The number of hydrogen-bond acceptors (Lipinski definition) is 5. The first kappa shape index (κ1) is 13.6. The van der Waals surface area contributed by atoms with Crippen LogP contribution in [0.25, 0.3) is 0 Å². The van der Waals surface area contributed by atoms with E-state index in [2.05, 4.69) is 5.29 Å². The highest BCUT2D eigenvalue weighted by Crippen LogP contribution is 2.12. The van der Waals surface area contributed by atoms with Crippen molar-refractivity contribution in [2.75, 3.05) is 20.2 Å². The minimum atomic E-state index is -3.75. The third-order valence-electron chi connectivity index (χ3n) is 2.10. The number of aryl methyl sites for hydroxylation is 1. The summed E-state index contributed by atoms with van der Waals surface area (Å²) in [6, 6.07) is 6.34. The maximum Gasteiger partial charge on any atom is 0.297 e. The molecule has 0 aliphatic heterocycles. The van der Waals surface area contributed by atoms with Crippen LogP contribution in [0.4, 0.5) is 0 Å². The van der Waals surface area contributed by atoms with Gasteiger partial charge in [0.15, 0.2) is 0 Å². The van der Waals surface area contributed by atoms with Gasteiger partial charge in [-0.25, -0.2) is 0 Å². The van der Waals surface area contributed by atoms with Crippen LogP contribution >= 0.6 is 0 Å². The van der Waals surface area contributed by atoms with Gasteiger partial charge in [0.05, 0.1) is 23.3 Å². The Bertz CT molecular complexity index is 470. The summed E-state index contributed by atoms with van der Waals surface area (Å²) in [6.45, 7) is 1.87. The SMILES string of the molecule is Cc1ccc(S(=O)(=O)OCCN(C)N=O)cc1. The summed E-state index contributed by atoms with van der Waals surface area (Å²) in [5, 5.41) is 3.66. The zero-order valence-electron chi connectivity index (χ0n) is 9.66. The topological polar surface area (TPSA) is 76.0 Å². The number of hydrogen-bond donors (Lipinski definition) is 0. The van der Waals surface area contributed by atoms with E-state index in [0.29, 0.717) is 0 Å². The molecule has 0 saturated carbocycles. The van der Waals surface area contributed by atoms with Crippen molar-refractivity contribution < 1.29 is 12.6 Å². The summed E-state index contributed by atoms with van der Waals surface area (Å²) in [5.74, 6) is 0. The monoisotopic (exact) mass is 258 g/mol. The van der Waals surface area contributed by atoms with Crippen LogP contribution in [0.1, 0.15) is 5.56 Å². The van der Waals surface area contributed by atoms with Crippen LogP contribution in [0.15, 0.2) is 34.4 Å². The zero-order valence-corrected chi connectivity index (χ0v) is 10.5. The molecule has 0 saturated heterocycles. The summed E-state index contributed by atoms with van der Waals surface area (Å²) in [5.41, 5.74) is 0.967. The first-order chi connectivity index (χ1) is 7.95. The fourth-order valence-electron chi connectivity index (χ4n) is 1.09. The highest BCUT2D eigenvalue weighted by atomic mass is 32.2. The number of nitroso groups, excluding NO2 is 1. The highest BCUT2D eigenvalue weighted by Gasteiger charge is 2.14. The molecule has 0 N–H and O–H groups in total. The van der Waals surface area contributed by atoms with Gasteiger partial charge < -0.3 is 0 Å². The van der Waals surface area contributed by atoms with Crippen molar-refractivity contribution in [2.45, 2.75) is 11.8 Å². The van der Waals surface area contributed by atoms with E-state index in [9.17, 15) is 13.3 Å². The van der Waals surface area contributed by atoms with Crippen LogP contribution in [-0.4, -0.2) is 33.6 Å². The van der Waals surface area contributed by atoms with Crippen molar-refractivity contribution in [1.82, 2.24) is 5.01 Å². The highest BCUT2D eigenvalue weighted by molar-refractivity contribution is 7.86. The summed E-state index contributed by atoms with van der Waals surface area (Å²) >= 11 is 0. The van der Waals surface area contributed by atoms with E-state index >= 15 is 0 Å². The Morgan fingerprint density at radius 3 is 2.41 bits per heavy atom. The van der Waals surface area contributed by atoms with Gasteiger partial charge in [0.2, 0.25) is 0 Å². The van der Waals surface area contributed by atoms with Crippen LogP contribution in [0, 0.1) is 11.8 Å². The second kappa shape index (κ2) is 5.74. The third-order valence-corrected chi connectivity index (χ3v) is 3.43. The summed E-state index contributed by atoms with van der Waals surface area (Å²) in [4.78, 5) is 10.1. The molecule has 0 fully saturated rings. The van der Waals surface area contributed by atoms with E-state index in [-0.39, 0.29) is 18.0 Å². The molecule has 0 amide bonds. The maximum atomic E-state index is 11.7. The third kappa shape index (κ3) is 4.12. The van der Waals surface area contributed by atoms with E-state index in [0.717, 1.165) is 10.6 Å². The molecule has 0 aliphatic carbocycles. The fraction of sp³-hybridized carbons (Fsp3) is 0.400. The van der Waals surface area contributed by atoms with Crippen molar-refractivity contribution in [2.24, 2.45) is 5.29 Å². The van der Waals surface area contributed by atoms with Gasteiger partial charge in [-0.05, 0) is 19.1 Å². The lowest BCUT2D eigenvalue weighted by Crippen LogP contribution is -2.19. The van der Waals surface area contributed by atoms with Gasteiger partial charge in [-0.2, -0.15) is 8.42 Å². The first-order valence-electron chi connectivity index (χ1n) is 4.96. The molecule has 0 aliphatic rings. The molecule has 17 heavy (non-hydrogen) atoms. The zero-order chi connectivity index (χ0) is 12.9.